The number of aryl methyl sites for hydroxylation is 1. The van der Waals surface area contributed by atoms with E-state index in [1.54, 1.807) is 6.92 Å². The van der Waals surface area contributed by atoms with Crippen LogP contribution in [0.15, 0.2) is 18.2 Å². The third-order valence-electron chi connectivity index (χ3n) is 4.51. The fraction of sp³-hybridized carbons (Fsp3) is 0.611. The summed E-state index contributed by atoms with van der Waals surface area (Å²) in [5.41, 5.74) is -0.346. The molecular weight excluding hydrogens is 317 g/mol. The van der Waals surface area contributed by atoms with Crippen LogP contribution < -0.4 is 5.32 Å². The van der Waals surface area contributed by atoms with Gasteiger partial charge in [-0.25, -0.2) is 0 Å². The van der Waals surface area contributed by atoms with Crippen LogP contribution in [0.25, 0.3) is 0 Å². The van der Waals surface area contributed by atoms with E-state index in [1.165, 1.54) is 6.07 Å². The van der Waals surface area contributed by atoms with Crippen molar-refractivity contribution in [1.82, 2.24) is 10.2 Å². The SMILES string of the molecule is CCc1cc(C(F)(F)F)ccc1C(=O)N[C@@]1(C)C[C@H](C)CN(C)C1. The molecule has 1 saturated heterocycles. The summed E-state index contributed by atoms with van der Waals surface area (Å²) in [7, 11) is 2.01. The Labute approximate surface area is 141 Å². The van der Waals surface area contributed by atoms with E-state index in [0.29, 0.717) is 23.5 Å². The molecule has 2 rings (SSSR count). The van der Waals surface area contributed by atoms with Gasteiger partial charge in [-0.15, -0.1) is 0 Å². The number of piperidine rings is 1. The van der Waals surface area contributed by atoms with Crippen molar-refractivity contribution in [3.05, 3.63) is 34.9 Å². The topological polar surface area (TPSA) is 32.3 Å². The first-order valence-corrected chi connectivity index (χ1v) is 8.25. The molecule has 1 aliphatic rings. The minimum absolute atomic E-state index is 0.300. The summed E-state index contributed by atoms with van der Waals surface area (Å²) in [6.07, 6.45) is -3.17. The van der Waals surface area contributed by atoms with Gasteiger partial charge in [-0.3, -0.25) is 4.79 Å². The van der Waals surface area contributed by atoms with Crippen LogP contribution in [0.2, 0.25) is 0 Å². The zero-order valence-corrected chi connectivity index (χ0v) is 14.6. The van der Waals surface area contributed by atoms with Crippen molar-refractivity contribution in [1.29, 1.82) is 0 Å². The van der Waals surface area contributed by atoms with Crippen molar-refractivity contribution in [2.45, 2.75) is 45.3 Å². The van der Waals surface area contributed by atoms with Crippen LogP contribution >= 0.6 is 0 Å². The number of benzene rings is 1. The van der Waals surface area contributed by atoms with Crippen molar-refractivity contribution in [3.8, 4) is 0 Å². The summed E-state index contributed by atoms with van der Waals surface area (Å²) in [6, 6.07) is 3.34. The maximum atomic E-state index is 12.9. The number of halogens is 3. The van der Waals surface area contributed by atoms with Crippen LogP contribution in [-0.4, -0.2) is 36.5 Å². The molecule has 134 valence electrons. The predicted octanol–water partition coefficient (Wildman–Crippen LogP) is 3.73. The van der Waals surface area contributed by atoms with E-state index >= 15 is 0 Å². The number of nitrogens with zero attached hydrogens (tertiary/aromatic N) is 1. The Morgan fingerprint density at radius 3 is 2.62 bits per heavy atom. The van der Waals surface area contributed by atoms with Gasteiger partial charge >= 0.3 is 6.18 Å². The van der Waals surface area contributed by atoms with Crippen LogP contribution in [0.4, 0.5) is 13.2 Å². The molecule has 0 aromatic heterocycles. The van der Waals surface area contributed by atoms with Crippen LogP contribution in [-0.2, 0) is 12.6 Å². The summed E-state index contributed by atoms with van der Waals surface area (Å²) in [4.78, 5) is 14.8. The molecule has 0 unspecified atom stereocenters. The van der Waals surface area contributed by atoms with E-state index in [-0.39, 0.29) is 11.4 Å². The van der Waals surface area contributed by atoms with Crippen LogP contribution in [0, 0.1) is 5.92 Å². The summed E-state index contributed by atoms with van der Waals surface area (Å²) in [6.45, 7) is 7.59. The molecule has 0 radical (unpaired) electrons. The molecular formula is C18H25F3N2O. The first-order valence-electron chi connectivity index (χ1n) is 8.25. The molecule has 24 heavy (non-hydrogen) atoms. The Morgan fingerprint density at radius 1 is 1.42 bits per heavy atom. The van der Waals surface area contributed by atoms with E-state index in [4.69, 9.17) is 0 Å². The Balaban J connectivity index is 2.23. The zero-order chi connectivity index (χ0) is 18.1. The van der Waals surface area contributed by atoms with Crippen molar-refractivity contribution >= 4 is 5.91 Å². The van der Waals surface area contributed by atoms with Crippen molar-refractivity contribution < 1.29 is 18.0 Å². The first-order chi connectivity index (χ1) is 11.0. The lowest BCUT2D eigenvalue weighted by atomic mass is 9.84. The number of rotatable bonds is 3. The average Bonchev–Trinajstić information content (AvgIpc) is 2.43. The normalized spacial score (nSPS) is 25.5. The smallest absolute Gasteiger partial charge is 0.346 e. The average molecular weight is 342 g/mol. The van der Waals surface area contributed by atoms with Crippen molar-refractivity contribution in [2.24, 2.45) is 5.92 Å². The van der Waals surface area contributed by atoms with Crippen LogP contribution in [0.1, 0.15) is 48.7 Å². The highest BCUT2D eigenvalue weighted by molar-refractivity contribution is 5.96. The lowest BCUT2D eigenvalue weighted by Crippen LogP contribution is -2.58. The largest absolute Gasteiger partial charge is 0.416 e. The molecule has 2 atom stereocenters. The molecule has 0 bridgehead atoms. The van der Waals surface area contributed by atoms with Gasteiger partial charge in [0.25, 0.3) is 5.91 Å². The van der Waals surface area contributed by atoms with Crippen molar-refractivity contribution in [3.63, 3.8) is 0 Å². The fourth-order valence-electron chi connectivity index (χ4n) is 3.81. The molecule has 0 spiro atoms. The number of alkyl halides is 3. The van der Waals surface area contributed by atoms with E-state index in [2.05, 4.69) is 17.1 Å². The predicted molar refractivity (Wildman–Crippen MR) is 88.0 cm³/mol. The summed E-state index contributed by atoms with van der Waals surface area (Å²) in [5, 5.41) is 3.04. The van der Waals surface area contributed by atoms with Gasteiger partial charge in [0, 0.05) is 18.7 Å². The number of hydrogen-bond acceptors (Lipinski definition) is 2. The lowest BCUT2D eigenvalue weighted by molar-refractivity contribution is -0.137. The Kier molecular flexibility index (Phi) is 5.28. The number of carbonyl (C=O) groups excluding carboxylic acids is 1. The maximum absolute atomic E-state index is 12.9. The van der Waals surface area contributed by atoms with Crippen molar-refractivity contribution in [2.75, 3.05) is 20.1 Å². The van der Waals surface area contributed by atoms with Gasteiger partial charge in [-0.2, -0.15) is 13.2 Å². The summed E-state index contributed by atoms with van der Waals surface area (Å²) < 4.78 is 38.6. The number of nitrogens with one attached hydrogen (secondary N) is 1. The molecule has 1 N–H and O–H groups in total. The Bertz CT molecular complexity index is 603. The third kappa shape index (κ3) is 4.29. The molecule has 3 nitrogen and oxygen atoms in total. The number of carbonyl (C=O) groups is 1. The lowest BCUT2D eigenvalue weighted by Gasteiger charge is -2.42. The van der Waals surface area contributed by atoms with E-state index in [9.17, 15) is 18.0 Å². The minimum Gasteiger partial charge on any atom is -0.346 e. The minimum atomic E-state index is -4.40. The first kappa shape index (κ1) is 18.8. The number of likely N-dealkylation sites (tertiary alicyclic amines) is 1. The second-order valence-electron chi connectivity index (χ2n) is 7.24. The molecule has 6 heteroatoms. The monoisotopic (exact) mass is 342 g/mol. The summed E-state index contributed by atoms with van der Waals surface area (Å²) >= 11 is 0. The Morgan fingerprint density at radius 2 is 2.08 bits per heavy atom. The van der Waals surface area contributed by atoms with E-state index in [0.717, 1.165) is 31.6 Å². The third-order valence-corrected chi connectivity index (χ3v) is 4.51. The standard InChI is InChI=1S/C18H25F3N2O/c1-5-13-8-14(18(19,20)21)6-7-15(13)16(24)22-17(3)9-12(2)10-23(4)11-17/h6-8,12H,5,9-11H2,1-4H3,(H,22,24)/t12-,17-/m0/s1. The molecule has 1 amide bonds. The van der Waals surface area contributed by atoms with Gasteiger partial charge in [0.2, 0.25) is 0 Å². The van der Waals surface area contributed by atoms with Gasteiger partial charge in [0.05, 0.1) is 11.1 Å². The molecule has 1 aromatic rings. The maximum Gasteiger partial charge on any atom is 0.416 e. The van der Waals surface area contributed by atoms with Crippen LogP contribution in [0.3, 0.4) is 0 Å². The van der Waals surface area contributed by atoms with Gasteiger partial charge in [0.15, 0.2) is 0 Å². The number of amides is 1. The fourth-order valence-corrected chi connectivity index (χ4v) is 3.81. The molecule has 1 aliphatic heterocycles. The van der Waals surface area contributed by atoms with Gasteiger partial charge in [0.1, 0.15) is 0 Å². The highest BCUT2D eigenvalue weighted by Crippen LogP contribution is 2.31. The second-order valence-corrected chi connectivity index (χ2v) is 7.24. The van der Waals surface area contributed by atoms with Gasteiger partial charge in [-0.05, 0) is 56.5 Å². The molecule has 0 aliphatic carbocycles. The highest BCUT2D eigenvalue weighted by atomic mass is 19.4. The zero-order valence-electron chi connectivity index (χ0n) is 14.6. The Hall–Kier alpha value is -1.56. The highest BCUT2D eigenvalue weighted by Gasteiger charge is 2.35. The molecule has 1 heterocycles. The quantitative estimate of drug-likeness (QED) is 0.908. The molecule has 1 fully saturated rings. The van der Waals surface area contributed by atoms with Crippen LogP contribution in [0.5, 0.6) is 0 Å². The van der Waals surface area contributed by atoms with Gasteiger partial charge < -0.3 is 10.2 Å². The molecule has 1 aromatic carbocycles. The number of hydrogen-bond donors (Lipinski definition) is 1. The second kappa shape index (κ2) is 6.75. The van der Waals surface area contributed by atoms with Gasteiger partial charge in [-0.1, -0.05) is 13.8 Å². The molecule has 0 saturated carbocycles. The van der Waals surface area contributed by atoms with E-state index in [1.807, 2.05) is 14.0 Å². The number of likely N-dealkylation sites (N-methyl/N-ethyl adjacent to an activating group) is 1. The summed E-state index contributed by atoms with van der Waals surface area (Å²) in [5.74, 6) is 0.151. The van der Waals surface area contributed by atoms with E-state index < -0.39 is 11.7 Å².